The fourth-order valence-electron chi connectivity index (χ4n) is 3.06. The van der Waals surface area contributed by atoms with E-state index < -0.39 is 23.6 Å². The predicted octanol–water partition coefficient (Wildman–Crippen LogP) is 3.13. The van der Waals surface area contributed by atoms with Crippen LogP contribution in [0.3, 0.4) is 0 Å². The lowest BCUT2D eigenvalue weighted by atomic mass is 10.1. The zero-order valence-corrected chi connectivity index (χ0v) is 17.6. The molecule has 0 unspecified atom stereocenters. The number of aromatic amines is 1. The number of nitrogens with one attached hydrogen (secondary N) is 2. The van der Waals surface area contributed by atoms with Crippen LogP contribution in [-0.4, -0.2) is 51.8 Å². The van der Waals surface area contributed by atoms with E-state index in [2.05, 4.69) is 15.5 Å². The van der Waals surface area contributed by atoms with Crippen molar-refractivity contribution in [3.8, 4) is 0 Å². The van der Waals surface area contributed by atoms with E-state index in [9.17, 15) is 14.4 Å². The van der Waals surface area contributed by atoms with Gasteiger partial charge < -0.3 is 19.7 Å². The second-order valence-electron chi connectivity index (χ2n) is 7.93. The zero-order valence-electron chi connectivity index (χ0n) is 17.6. The molecule has 160 valence electrons. The minimum atomic E-state index is -0.594. The lowest BCUT2D eigenvalue weighted by molar-refractivity contribution is 0.0222. The number of hydrogen-bond acceptors (Lipinski definition) is 6. The van der Waals surface area contributed by atoms with Gasteiger partial charge in [0.2, 0.25) is 0 Å². The molecule has 0 saturated heterocycles. The van der Waals surface area contributed by atoms with Crippen LogP contribution in [0.25, 0.3) is 0 Å². The van der Waals surface area contributed by atoms with E-state index >= 15 is 0 Å². The first kappa shape index (κ1) is 21.4. The Kier molecular flexibility index (Phi) is 6.09. The van der Waals surface area contributed by atoms with Crippen molar-refractivity contribution in [2.75, 3.05) is 18.5 Å². The highest BCUT2D eigenvalue weighted by Gasteiger charge is 2.30. The lowest BCUT2D eigenvalue weighted by Crippen LogP contribution is -2.40. The van der Waals surface area contributed by atoms with E-state index in [1.54, 1.807) is 36.1 Å². The van der Waals surface area contributed by atoms with Crippen molar-refractivity contribution in [1.29, 1.82) is 0 Å². The molecule has 9 heteroatoms. The van der Waals surface area contributed by atoms with Gasteiger partial charge in [-0.2, -0.15) is 5.10 Å². The molecular weight excluding hydrogens is 388 g/mol. The van der Waals surface area contributed by atoms with E-state index in [-0.39, 0.29) is 12.2 Å². The summed E-state index contributed by atoms with van der Waals surface area (Å²) in [5, 5.41) is 9.80. The van der Waals surface area contributed by atoms with Crippen molar-refractivity contribution in [1.82, 2.24) is 15.1 Å². The van der Waals surface area contributed by atoms with Gasteiger partial charge in [0.05, 0.1) is 18.7 Å². The van der Waals surface area contributed by atoms with Gasteiger partial charge in [-0.05, 0) is 52.0 Å². The summed E-state index contributed by atoms with van der Waals surface area (Å²) < 4.78 is 10.4. The zero-order chi connectivity index (χ0) is 21.9. The standard InChI is InChI=1S/C21H26N4O5/c1-5-29-19(27)13-6-8-14(9-7-13)22-18(26)17-15-12-25(11-10-16(15)23-24-17)20(28)30-21(2,3)4/h6-9H,5,10-12H2,1-4H3,(H,22,26)(H,23,24). The summed E-state index contributed by atoms with van der Waals surface area (Å²) in [5.41, 5.74) is 2.06. The average Bonchev–Trinajstić information content (AvgIpc) is 3.10. The number of nitrogens with zero attached hydrogens (tertiary/aromatic N) is 2. The maximum atomic E-state index is 12.8. The van der Waals surface area contributed by atoms with Gasteiger partial charge in [0.15, 0.2) is 5.69 Å². The molecule has 1 aliphatic rings. The SMILES string of the molecule is CCOC(=O)c1ccc(NC(=O)c2n[nH]c3c2CN(C(=O)OC(C)(C)C)CC3)cc1. The number of esters is 1. The Balaban J connectivity index is 1.70. The summed E-state index contributed by atoms with van der Waals surface area (Å²) in [7, 11) is 0. The molecule has 0 radical (unpaired) electrons. The summed E-state index contributed by atoms with van der Waals surface area (Å²) in [5.74, 6) is -0.818. The first-order valence-electron chi connectivity index (χ1n) is 9.80. The van der Waals surface area contributed by atoms with Crippen LogP contribution >= 0.6 is 0 Å². The summed E-state index contributed by atoms with van der Waals surface area (Å²) in [4.78, 5) is 38.4. The van der Waals surface area contributed by atoms with E-state index in [4.69, 9.17) is 9.47 Å². The van der Waals surface area contributed by atoms with Gasteiger partial charge in [-0.25, -0.2) is 9.59 Å². The number of fused-ring (bicyclic) bond motifs is 1. The Morgan fingerprint density at radius 2 is 1.90 bits per heavy atom. The molecular formula is C21H26N4O5. The second-order valence-corrected chi connectivity index (χ2v) is 7.93. The minimum absolute atomic E-state index is 0.229. The first-order valence-corrected chi connectivity index (χ1v) is 9.80. The number of benzene rings is 1. The average molecular weight is 414 g/mol. The Hall–Kier alpha value is -3.36. The molecule has 2 aromatic rings. The van der Waals surface area contributed by atoms with Gasteiger partial charge in [0, 0.05) is 29.9 Å². The maximum Gasteiger partial charge on any atom is 0.410 e. The number of carbonyl (C=O) groups excluding carboxylic acids is 3. The summed E-state index contributed by atoms with van der Waals surface area (Å²) in [6, 6.07) is 6.40. The quantitative estimate of drug-likeness (QED) is 0.743. The molecule has 2 N–H and O–H groups in total. The number of aromatic nitrogens is 2. The molecule has 9 nitrogen and oxygen atoms in total. The molecule has 1 aromatic heterocycles. The summed E-state index contributed by atoms with van der Waals surface area (Å²) in [6.07, 6.45) is 0.138. The lowest BCUT2D eigenvalue weighted by Gasteiger charge is -2.30. The van der Waals surface area contributed by atoms with Gasteiger partial charge >= 0.3 is 12.1 Å². The number of amides is 2. The molecule has 1 aliphatic heterocycles. The van der Waals surface area contributed by atoms with Gasteiger partial charge in [-0.1, -0.05) is 0 Å². The molecule has 0 saturated carbocycles. The third kappa shape index (κ3) is 4.97. The van der Waals surface area contributed by atoms with Crippen LogP contribution < -0.4 is 5.32 Å². The highest BCUT2D eigenvalue weighted by atomic mass is 16.6. The molecule has 1 aromatic carbocycles. The van der Waals surface area contributed by atoms with Gasteiger partial charge in [0.1, 0.15) is 5.60 Å². The van der Waals surface area contributed by atoms with Crippen molar-refractivity contribution in [3.63, 3.8) is 0 Å². The van der Waals surface area contributed by atoms with Gasteiger partial charge in [0.25, 0.3) is 5.91 Å². The summed E-state index contributed by atoms with van der Waals surface area (Å²) in [6.45, 7) is 8.19. The van der Waals surface area contributed by atoms with Crippen LogP contribution in [0.15, 0.2) is 24.3 Å². The topological polar surface area (TPSA) is 114 Å². The Morgan fingerprint density at radius 3 is 2.53 bits per heavy atom. The monoisotopic (exact) mass is 414 g/mol. The van der Waals surface area contributed by atoms with E-state index in [1.807, 2.05) is 20.8 Å². The largest absolute Gasteiger partial charge is 0.462 e. The Morgan fingerprint density at radius 1 is 1.20 bits per heavy atom. The summed E-state index contributed by atoms with van der Waals surface area (Å²) >= 11 is 0. The molecule has 0 atom stereocenters. The smallest absolute Gasteiger partial charge is 0.410 e. The molecule has 2 amide bonds. The maximum absolute atomic E-state index is 12.8. The normalized spacial score (nSPS) is 13.4. The third-order valence-electron chi connectivity index (χ3n) is 4.45. The second kappa shape index (κ2) is 8.56. The van der Waals surface area contributed by atoms with Crippen LogP contribution in [0.1, 0.15) is 59.8 Å². The fourth-order valence-corrected chi connectivity index (χ4v) is 3.06. The number of H-pyrrole nitrogens is 1. The fraction of sp³-hybridized carbons (Fsp3) is 0.429. The number of ether oxygens (including phenoxy) is 2. The van der Waals surface area contributed by atoms with Crippen molar-refractivity contribution in [3.05, 3.63) is 46.8 Å². The number of anilines is 1. The first-order chi connectivity index (χ1) is 14.2. The molecule has 0 aliphatic carbocycles. The highest BCUT2D eigenvalue weighted by molar-refractivity contribution is 6.04. The van der Waals surface area contributed by atoms with E-state index in [0.717, 1.165) is 5.69 Å². The van der Waals surface area contributed by atoms with E-state index in [0.29, 0.717) is 36.4 Å². The Labute approximate surface area is 174 Å². The van der Waals surface area contributed by atoms with Gasteiger partial charge in [-0.15, -0.1) is 0 Å². The van der Waals surface area contributed by atoms with Crippen molar-refractivity contribution in [2.45, 2.75) is 46.3 Å². The minimum Gasteiger partial charge on any atom is -0.462 e. The number of hydrogen-bond donors (Lipinski definition) is 2. The van der Waals surface area contributed by atoms with Crippen LogP contribution in [0.5, 0.6) is 0 Å². The van der Waals surface area contributed by atoms with Crippen molar-refractivity contribution >= 4 is 23.7 Å². The molecule has 0 spiro atoms. The van der Waals surface area contributed by atoms with Crippen molar-refractivity contribution < 1.29 is 23.9 Å². The number of rotatable bonds is 4. The van der Waals surface area contributed by atoms with Crippen LogP contribution in [0.4, 0.5) is 10.5 Å². The van der Waals surface area contributed by atoms with Crippen molar-refractivity contribution in [2.24, 2.45) is 0 Å². The Bertz CT molecular complexity index is 943. The number of carbonyl (C=O) groups is 3. The van der Waals surface area contributed by atoms with E-state index in [1.165, 1.54) is 0 Å². The molecule has 0 bridgehead atoms. The van der Waals surface area contributed by atoms with Crippen LogP contribution in [0.2, 0.25) is 0 Å². The molecule has 2 heterocycles. The molecule has 30 heavy (non-hydrogen) atoms. The molecule has 0 fully saturated rings. The van der Waals surface area contributed by atoms with Crippen LogP contribution in [0, 0.1) is 0 Å². The van der Waals surface area contributed by atoms with Gasteiger partial charge in [-0.3, -0.25) is 9.89 Å². The molecule has 3 rings (SSSR count). The highest BCUT2D eigenvalue weighted by Crippen LogP contribution is 2.23. The third-order valence-corrected chi connectivity index (χ3v) is 4.45. The van der Waals surface area contributed by atoms with Crippen LogP contribution in [-0.2, 0) is 22.4 Å². The predicted molar refractivity (Wildman–Crippen MR) is 109 cm³/mol.